The molecule has 9 nitrogen and oxygen atoms in total. The first kappa shape index (κ1) is 18.9. The van der Waals surface area contributed by atoms with Crippen LogP contribution in [-0.2, 0) is 26.2 Å². The Morgan fingerprint density at radius 1 is 1.36 bits per heavy atom. The van der Waals surface area contributed by atoms with E-state index in [0.717, 1.165) is 5.56 Å². The van der Waals surface area contributed by atoms with Crippen molar-refractivity contribution in [2.45, 2.75) is 25.3 Å². The number of carbonyl (C=O) groups excluding carboxylic acids is 2. The fraction of sp³-hybridized carbons (Fsp3) is 0.684. The highest BCUT2D eigenvalue weighted by molar-refractivity contribution is 5.86. The number of aromatic nitrogens is 2. The zero-order chi connectivity index (χ0) is 20.1. The van der Waals surface area contributed by atoms with Gasteiger partial charge in [-0.05, 0) is 12.8 Å². The molecule has 4 rings (SSSR count). The molecule has 1 aromatic heterocycles. The Hall–Kier alpha value is -2.42. The summed E-state index contributed by atoms with van der Waals surface area (Å²) in [6.45, 7) is 1.37. The van der Waals surface area contributed by atoms with E-state index in [1.54, 1.807) is 34.8 Å². The van der Waals surface area contributed by atoms with E-state index in [2.05, 4.69) is 5.10 Å². The summed E-state index contributed by atoms with van der Waals surface area (Å²) in [7, 11) is 3.52. The number of carboxylic acids is 1. The molecule has 3 fully saturated rings. The summed E-state index contributed by atoms with van der Waals surface area (Å²) < 4.78 is 7.15. The van der Waals surface area contributed by atoms with Crippen LogP contribution in [0.3, 0.4) is 0 Å². The van der Waals surface area contributed by atoms with Gasteiger partial charge in [0.1, 0.15) is 0 Å². The number of ether oxygens (including phenoxy) is 1. The molecular weight excluding hydrogens is 364 g/mol. The second-order valence-electron chi connectivity index (χ2n) is 8.24. The van der Waals surface area contributed by atoms with E-state index < -0.39 is 17.3 Å². The molecule has 0 saturated carbocycles. The summed E-state index contributed by atoms with van der Waals surface area (Å²) in [5.74, 6) is -1.52. The molecule has 2 unspecified atom stereocenters. The molecule has 0 bridgehead atoms. The van der Waals surface area contributed by atoms with Gasteiger partial charge in [-0.25, -0.2) is 0 Å². The predicted octanol–water partition coefficient (Wildman–Crippen LogP) is 0.279. The van der Waals surface area contributed by atoms with Gasteiger partial charge in [0.05, 0.1) is 30.2 Å². The fourth-order valence-electron chi connectivity index (χ4n) is 5.05. The van der Waals surface area contributed by atoms with Crippen LogP contribution in [0, 0.1) is 17.3 Å². The number of hydrogen-bond acceptors (Lipinski definition) is 5. The molecule has 152 valence electrons. The van der Waals surface area contributed by atoms with Crippen molar-refractivity contribution in [3.63, 3.8) is 0 Å². The minimum atomic E-state index is -0.923. The number of likely N-dealkylation sites (tertiary alicyclic amines) is 2. The van der Waals surface area contributed by atoms with E-state index in [1.165, 1.54) is 0 Å². The van der Waals surface area contributed by atoms with Crippen molar-refractivity contribution >= 4 is 17.8 Å². The minimum Gasteiger partial charge on any atom is -0.481 e. The van der Waals surface area contributed by atoms with E-state index in [-0.39, 0.29) is 30.3 Å². The van der Waals surface area contributed by atoms with Gasteiger partial charge in [-0.1, -0.05) is 0 Å². The lowest BCUT2D eigenvalue weighted by molar-refractivity contribution is -0.157. The number of aliphatic carboxylic acids is 1. The number of aryl methyl sites for hydroxylation is 1. The van der Waals surface area contributed by atoms with Crippen molar-refractivity contribution < 1.29 is 24.2 Å². The molecule has 0 radical (unpaired) electrons. The van der Waals surface area contributed by atoms with Crippen LogP contribution in [0.2, 0.25) is 0 Å². The number of amides is 2. The van der Waals surface area contributed by atoms with E-state index in [0.29, 0.717) is 39.0 Å². The van der Waals surface area contributed by atoms with Crippen molar-refractivity contribution in [3.8, 4) is 0 Å². The zero-order valence-electron chi connectivity index (χ0n) is 16.2. The summed E-state index contributed by atoms with van der Waals surface area (Å²) in [5.41, 5.74) is -0.0991. The van der Waals surface area contributed by atoms with Crippen LogP contribution in [0.25, 0.3) is 0 Å². The van der Waals surface area contributed by atoms with Gasteiger partial charge >= 0.3 is 5.97 Å². The molecule has 3 aliphatic rings. The molecule has 28 heavy (non-hydrogen) atoms. The van der Waals surface area contributed by atoms with E-state index >= 15 is 0 Å². The van der Waals surface area contributed by atoms with Gasteiger partial charge in [0.2, 0.25) is 11.8 Å². The van der Waals surface area contributed by atoms with E-state index in [1.807, 2.05) is 6.20 Å². The van der Waals surface area contributed by atoms with Gasteiger partial charge in [-0.15, -0.1) is 0 Å². The van der Waals surface area contributed by atoms with Crippen molar-refractivity contribution in [1.82, 2.24) is 19.6 Å². The summed E-state index contributed by atoms with van der Waals surface area (Å²) in [4.78, 5) is 41.1. The second kappa shape index (κ2) is 6.88. The van der Waals surface area contributed by atoms with Gasteiger partial charge in [0.25, 0.3) is 0 Å². The quantitative estimate of drug-likeness (QED) is 0.795. The maximum Gasteiger partial charge on any atom is 0.311 e. The van der Waals surface area contributed by atoms with Gasteiger partial charge in [-0.3, -0.25) is 19.1 Å². The van der Waals surface area contributed by atoms with Crippen LogP contribution in [0.4, 0.5) is 0 Å². The molecule has 0 spiro atoms. The molecule has 3 saturated heterocycles. The first-order valence-electron chi connectivity index (χ1n) is 9.67. The van der Waals surface area contributed by atoms with E-state index in [9.17, 15) is 19.5 Å². The minimum absolute atomic E-state index is 0.00315. The third kappa shape index (κ3) is 2.88. The highest BCUT2D eigenvalue weighted by Gasteiger charge is 2.56. The lowest BCUT2D eigenvalue weighted by Crippen LogP contribution is -2.48. The number of piperidine rings is 1. The molecule has 0 aromatic carbocycles. The molecule has 4 heterocycles. The number of nitrogens with zero attached hydrogens (tertiary/aromatic N) is 4. The molecule has 1 aromatic rings. The van der Waals surface area contributed by atoms with Crippen molar-refractivity contribution in [2.75, 3.05) is 33.4 Å². The summed E-state index contributed by atoms with van der Waals surface area (Å²) in [6.07, 6.45) is 4.71. The highest BCUT2D eigenvalue weighted by Crippen LogP contribution is 2.44. The molecule has 4 atom stereocenters. The number of hydrogen-bond donors (Lipinski definition) is 1. The number of carbonyl (C=O) groups is 3. The third-order valence-corrected chi connectivity index (χ3v) is 6.69. The van der Waals surface area contributed by atoms with Crippen LogP contribution >= 0.6 is 0 Å². The fourth-order valence-corrected chi connectivity index (χ4v) is 5.05. The van der Waals surface area contributed by atoms with Gasteiger partial charge in [0, 0.05) is 57.9 Å². The predicted molar refractivity (Wildman–Crippen MR) is 97.0 cm³/mol. The standard InChI is InChI=1S/C19H26N4O5/c1-21-8-12(7-20-21)16-14(3-4-15(24)22(16)2)17(25)23-9-13-10-28-6-5-19(13,11-23)18(26)27/h7-8,13-14,16H,3-6,9-11H2,1-2H3,(H,26,27)/t13-,14?,16?,19+/m0/s1. The normalized spacial score (nSPS) is 33.1. The topological polar surface area (TPSA) is 105 Å². The van der Waals surface area contributed by atoms with Crippen molar-refractivity contribution in [3.05, 3.63) is 18.0 Å². The molecule has 9 heteroatoms. The summed E-state index contributed by atoms with van der Waals surface area (Å²) in [6, 6.07) is -0.387. The molecule has 3 aliphatic heterocycles. The maximum atomic E-state index is 13.5. The van der Waals surface area contributed by atoms with E-state index in [4.69, 9.17) is 4.74 Å². The first-order valence-corrected chi connectivity index (χ1v) is 9.67. The zero-order valence-corrected chi connectivity index (χ0v) is 16.2. The Labute approximate surface area is 163 Å². The summed E-state index contributed by atoms with van der Waals surface area (Å²) >= 11 is 0. The van der Waals surface area contributed by atoms with Crippen LogP contribution in [-0.4, -0.2) is 75.8 Å². The molecule has 2 amide bonds. The average Bonchev–Trinajstić information content (AvgIpc) is 3.27. The smallest absolute Gasteiger partial charge is 0.311 e. The van der Waals surface area contributed by atoms with Crippen LogP contribution < -0.4 is 0 Å². The second-order valence-corrected chi connectivity index (χ2v) is 8.24. The first-order chi connectivity index (χ1) is 13.3. The Kier molecular flexibility index (Phi) is 4.65. The number of fused-ring (bicyclic) bond motifs is 1. The largest absolute Gasteiger partial charge is 0.481 e. The number of carboxylic acid groups (broad SMARTS) is 1. The maximum absolute atomic E-state index is 13.5. The molecule has 1 N–H and O–H groups in total. The Morgan fingerprint density at radius 3 is 2.79 bits per heavy atom. The lowest BCUT2D eigenvalue weighted by atomic mass is 9.74. The van der Waals surface area contributed by atoms with Gasteiger partial charge in [0.15, 0.2) is 0 Å². The van der Waals surface area contributed by atoms with Crippen LogP contribution in [0.5, 0.6) is 0 Å². The summed E-state index contributed by atoms with van der Waals surface area (Å²) in [5, 5.41) is 14.1. The van der Waals surface area contributed by atoms with Crippen LogP contribution in [0.15, 0.2) is 12.4 Å². The highest BCUT2D eigenvalue weighted by atomic mass is 16.5. The average molecular weight is 390 g/mol. The monoisotopic (exact) mass is 390 g/mol. The molecule has 0 aliphatic carbocycles. The lowest BCUT2D eigenvalue weighted by Gasteiger charge is -2.39. The Balaban J connectivity index is 1.61. The number of rotatable bonds is 3. The van der Waals surface area contributed by atoms with Crippen molar-refractivity contribution in [1.29, 1.82) is 0 Å². The molecular formula is C19H26N4O5. The third-order valence-electron chi connectivity index (χ3n) is 6.69. The van der Waals surface area contributed by atoms with Gasteiger partial charge in [-0.2, -0.15) is 5.10 Å². The SMILES string of the molecule is CN1C(=O)CCC(C(=O)N2C[C@H]3COCC[C@@]3(C(=O)O)C2)C1c1cnn(C)c1. The van der Waals surface area contributed by atoms with Gasteiger partial charge < -0.3 is 19.6 Å². The van der Waals surface area contributed by atoms with Crippen molar-refractivity contribution in [2.24, 2.45) is 24.3 Å². The van der Waals surface area contributed by atoms with Crippen LogP contribution in [0.1, 0.15) is 30.9 Å². The Morgan fingerprint density at radius 2 is 2.14 bits per heavy atom. The Bertz CT molecular complexity index is 808.